The molecule has 3 rings (SSSR count). The highest BCUT2D eigenvalue weighted by Crippen LogP contribution is 2.26. The largest absolute Gasteiger partial charge is 0.417 e. The third kappa shape index (κ3) is 3.44. The van der Waals surface area contributed by atoms with Gasteiger partial charge >= 0.3 is 5.76 Å². The fraction of sp³-hybridized carbons (Fsp3) is 0.125. The van der Waals surface area contributed by atoms with Gasteiger partial charge in [0.25, 0.3) is 15.9 Å². The monoisotopic (exact) mass is 395 g/mol. The number of hydrogen-bond acceptors (Lipinski definition) is 5. The highest BCUT2D eigenvalue weighted by Gasteiger charge is 2.21. The maximum atomic E-state index is 12.7. The van der Waals surface area contributed by atoms with Crippen molar-refractivity contribution in [1.82, 2.24) is 9.88 Å². The number of nitrogens with zero attached hydrogens (tertiary/aromatic N) is 1. The van der Waals surface area contributed by atoms with Crippen molar-refractivity contribution in [3.63, 3.8) is 0 Å². The molecule has 0 saturated carbocycles. The van der Waals surface area contributed by atoms with E-state index in [1.807, 2.05) is 0 Å². The van der Waals surface area contributed by atoms with E-state index in [2.05, 4.69) is 9.71 Å². The van der Waals surface area contributed by atoms with E-state index in [4.69, 9.17) is 16.0 Å². The molecule has 0 aliphatic heterocycles. The first-order chi connectivity index (χ1) is 12.2. The summed E-state index contributed by atoms with van der Waals surface area (Å²) in [6.07, 6.45) is 0. The van der Waals surface area contributed by atoms with Gasteiger partial charge < -0.3 is 9.32 Å². The Morgan fingerprint density at radius 2 is 1.92 bits per heavy atom. The van der Waals surface area contributed by atoms with Gasteiger partial charge in [0.2, 0.25) is 0 Å². The summed E-state index contributed by atoms with van der Waals surface area (Å²) < 4.78 is 32.6. The minimum atomic E-state index is -4.05. The molecular formula is C16H14ClN3O5S. The summed E-state index contributed by atoms with van der Waals surface area (Å²) in [5.41, 5.74) is 0.679. The van der Waals surface area contributed by atoms with Crippen molar-refractivity contribution in [2.24, 2.45) is 0 Å². The summed E-state index contributed by atoms with van der Waals surface area (Å²) in [7, 11) is -0.944. The molecule has 10 heteroatoms. The molecule has 26 heavy (non-hydrogen) atoms. The standard InChI is InChI=1S/C16H14ClN3O5S/c1-20(2)15(21)11-5-3-9(17)7-13(11)19-26(23,24)10-4-6-12-14(8-10)25-16(22)18-12/h3-8,19H,1-2H3,(H,18,22). The Morgan fingerprint density at radius 1 is 1.19 bits per heavy atom. The van der Waals surface area contributed by atoms with E-state index in [1.165, 1.54) is 41.3 Å². The van der Waals surface area contributed by atoms with E-state index >= 15 is 0 Å². The number of rotatable bonds is 4. The van der Waals surface area contributed by atoms with Crippen LogP contribution in [0, 0.1) is 0 Å². The maximum absolute atomic E-state index is 12.7. The Kier molecular flexibility index (Phi) is 4.51. The number of benzene rings is 2. The van der Waals surface area contributed by atoms with Crippen LogP contribution in [0.15, 0.2) is 50.5 Å². The Hall–Kier alpha value is -2.78. The number of aromatic amines is 1. The van der Waals surface area contributed by atoms with Crippen molar-refractivity contribution in [3.8, 4) is 0 Å². The molecule has 8 nitrogen and oxygen atoms in total. The smallest absolute Gasteiger partial charge is 0.408 e. The average molecular weight is 396 g/mol. The van der Waals surface area contributed by atoms with Crippen molar-refractivity contribution in [2.45, 2.75) is 4.90 Å². The highest BCUT2D eigenvalue weighted by molar-refractivity contribution is 7.92. The van der Waals surface area contributed by atoms with Crippen molar-refractivity contribution in [3.05, 3.63) is 57.5 Å². The molecule has 0 atom stereocenters. The van der Waals surface area contributed by atoms with Gasteiger partial charge in [0.1, 0.15) is 0 Å². The molecule has 2 N–H and O–H groups in total. The van der Waals surface area contributed by atoms with Crippen LogP contribution in [0.5, 0.6) is 0 Å². The summed E-state index contributed by atoms with van der Waals surface area (Å²) in [4.78, 5) is 27.1. The van der Waals surface area contributed by atoms with E-state index in [0.717, 1.165) is 0 Å². The molecule has 0 saturated heterocycles. The van der Waals surface area contributed by atoms with Gasteiger partial charge in [-0.05, 0) is 30.3 Å². The molecule has 0 unspecified atom stereocenters. The molecular weight excluding hydrogens is 382 g/mol. The lowest BCUT2D eigenvalue weighted by Crippen LogP contribution is -2.24. The number of hydrogen-bond donors (Lipinski definition) is 2. The number of carbonyl (C=O) groups excluding carboxylic acids is 1. The van der Waals surface area contributed by atoms with Gasteiger partial charge in [-0.15, -0.1) is 0 Å². The number of sulfonamides is 1. The Morgan fingerprint density at radius 3 is 2.62 bits per heavy atom. The van der Waals surface area contributed by atoms with Crippen molar-refractivity contribution in [1.29, 1.82) is 0 Å². The van der Waals surface area contributed by atoms with Gasteiger partial charge in [0.05, 0.1) is 21.7 Å². The summed E-state index contributed by atoms with van der Waals surface area (Å²) in [6.45, 7) is 0. The summed E-state index contributed by atoms with van der Waals surface area (Å²) in [5.74, 6) is -1.07. The third-order valence-electron chi connectivity index (χ3n) is 3.57. The second kappa shape index (κ2) is 6.50. The molecule has 0 fully saturated rings. The Balaban J connectivity index is 2.04. The molecule has 1 amide bonds. The van der Waals surface area contributed by atoms with Gasteiger partial charge in [0.15, 0.2) is 5.58 Å². The fourth-order valence-electron chi connectivity index (χ4n) is 2.32. The Bertz CT molecular complexity index is 1160. The van der Waals surface area contributed by atoms with Crippen LogP contribution in [0.1, 0.15) is 10.4 Å². The first-order valence-electron chi connectivity index (χ1n) is 7.34. The number of halogens is 1. The van der Waals surface area contributed by atoms with E-state index in [9.17, 15) is 18.0 Å². The van der Waals surface area contributed by atoms with Crippen LogP contribution in [-0.2, 0) is 10.0 Å². The number of amides is 1. The van der Waals surface area contributed by atoms with E-state index in [0.29, 0.717) is 5.52 Å². The quantitative estimate of drug-likeness (QED) is 0.703. The topological polar surface area (TPSA) is 112 Å². The Labute approximate surface area is 153 Å². The summed E-state index contributed by atoms with van der Waals surface area (Å²) in [6, 6.07) is 8.23. The van der Waals surface area contributed by atoms with Gasteiger partial charge in [-0.3, -0.25) is 14.5 Å². The number of oxazole rings is 1. The third-order valence-corrected chi connectivity index (χ3v) is 5.16. The number of carbonyl (C=O) groups is 1. The summed E-state index contributed by atoms with van der Waals surface area (Å²) >= 11 is 5.94. The van der Waals surface area contributed by atoms with Crippen molar-refractivity contribution in [2.75, 3.05) is 18.8 Å². The van der Waals surface area contributed by atoms with Gasteiger partial charge in [-0.25, -0.2) is 13.2 Å². The molecule has 3 aromatic rings. The van der Waals surface area contributed by atoms with Gasteiger partial charge in [-0.1, -0.05) is 11.6 Å². The lowest BCUT2D eigenvalue weighted by Gasteiger charge is -2.16. The number of fused-ring (bicyclic) bond motifs is 1. The molecule has 0 aliphatic carbocycles. The zero-order valence-electron chi connectivity index (χ0n) is 13.7. The number of aromatic nitrogens is 1. The maximum Gasteiger partial charge on any atom is 0.417 e. The van der Waals surface area contributed by atoms with Crippen LogP contribution in [0.2, 0.25) is 5.02 Å². The first kappa shape index (κ1) is 18.0. The fourth-order valence-corrected chi connectivity index (χ4v) is 3.58. The van der Waals surface area contributed by atoms with Crippen LogP contribution >= 0.6 is 11.6 Å². The van der Waals surface area contributed by atoms with Crippen molar-refractivity contribution >= 4 is 44.3 Å². The molecule has 0 radical (unpaired) electrons. The minimum Gasteiger partial charge on any atom is -0.408 e. The summed E-state index contributed by atoms with van der Waals surface area (Å²) in [5, 5.41) is 0.269. The molecule has 0 spiro atoms. The average Bonchev–Trinajstić information content (AvgIpc) is 2.93. The first-order valence-corrected chi connectivity index (χ1v) is 9.20. The number of anilines is 1. The van der Waals surface area contributed by atoms with Gasteiger partial charge in [0, 0.05) is 25.2 Å². The molecule has 0 aliphatic rings. The highest BCUT2D eigenvalue weighted by atomic mass is 35.5. The van der Waals surface area contributed by atoms with Crippen LogP contribution in [0.4, 0.5) is 5.69 Å². The van der Waals surface area contributed by atoms with Crippen LogP contribution in [-0.4, -0.2) is 38.3 Å². The normalized spacial score (nSPS) is 11.5. The van der Waals surface area contributed by atoms with E-state index < -0.39 is 15.8 Å². The van der Waals surface area contributed by atoms with E-state index in [-0.39, 0.29) is 32.7 Å². The molecule has 1 heterocycles. The zero-order valence-corrected chi connectivity index (χ0v) is 15.3. The number of H-pyrrole nitrogens is 1. The predicted molar refractivity (Wildman–Crippen MR) is 97.1 cm³/mol. The van der Waals surface area contributed by atoms with E-state index in [1.54, 1.807) is 14.1 Å². The molecule has 1 aromatic heterocycles. The SMILES string of the molecule is CN(C)C(=O)c1ccc(Cl)cc1NS(=O)(=O)c1ccc2[nH]c(=O)oc2c1. The second-order valence-electron chi connectivity index (χ2n) is 5.67. The van der Waals surface area contributed by atoms with Gasteiger partial charge in [-0.2, -0.15) is 0 Å². The minimum absolute atomic E-state index is 0.0480. The van der Waals surface area contributed by atoms with Crippen LogP contribution < -0.4 is 10.5 Å². The number of nitrogens with one attached hydrogen (secondary N) is 2. The zero-order chi connectivity index (χ0) is 19.1. The molecule has 0 bridgehead atoms. The predicted octanol–water partition coefficient (Wildman–Crippen LogP) is 2.28. The molecule has 2 aromatic carbocycles. The van der Waals surface area contributed by atoms with Crippen LogP contribution in [0.3, 0.4) is 0 Å². The lowest BCUT2D eigenvalue weighted by atomic mass is 10.1. The molecule has 136 valence electrons. The van der Waals surface area contributed by atoms with Crippen LogP contribution in [0.25, 0.3) is 11.1 Å². The second-order valence-corrected chi connectivity index (χ2v) is 7.79. The lowest BCUT2D eigenvalue weighted by molar-refractivity contribution is 0.0828. The van der Waals surface area contributed by atoms with Crippen molar-refractivity contribution < 1.29 is 17.6 Å².